The van der Waals surface area contributed by atoms with E-state index in [1.54, 1.807) is 30.3 Å². The average Bonchev–Trinajstić information content (AvgIpc) is 2.68. The molecule has 0 saturated heterocycles. The van der Waals surface area contributed by atoms with Crippen molar-refractivity contribution in [3.05, 3.63) is 75.4 Å². The fraction of sp³-hybridized carbons (Fsp3) is 0.0500. The van der Waals surface area contributed by atoms with Gasteiger partial charge in [-0.1, -0.05) is 40.9 Å². The maximum absolute atomic E-state index is 12.2. The van der Waals surface area contributed by atoms with E-state index < -0.39 is 11.9 Å². The number of rotatable bonds is 5. The van der Waals surface area contributed by atoms with Gasteiger partial charge >= 0.3 is 6.03 Å². The number of hydrogen-bond donors (Lipinski definition) is 2. The number of ether oxygens (including phenoxy) is 2. The molecule has 0 aliphatic rings. The second-order valence-electron chi connectivity index (χ2n) is 5.82. The number of urea groups is 1. The zero-order valence-corrected chi connectivity index (χ0v) is 17.7. The highest BCUT2D eigenvalue weighted by atomic mass is 35.5. The lowest BCUT2D eigenvalue weighted by molar-refractivity contribution is 0.0967. The van der Waals surface area contributed by atoms with Crippen LogP contribution in [0.15, 0.2) is 54.7 Å². The summed E-state index contributed by atoms with van der Waals surface area (Å²) >= 11 is 17.9. The summed E-state index contributed by atoms with van der Waals surface area (Å²) in [7, 11) is 1.52. The van der Waals surface area contributed by atoms with E-state index in [0.29, 0.717) is 22.2 Å². The summed E-state index contributed by atoms with van der Waals surface area (Å²) < 4.78 is 10.8. The number of pyridine rings is 1. The fourth-order valence-corrected chi connectivity index (χ4v) is 3.18. The largest absolute Gasteiger partial charge is 0.497 e. The van der Waals surface area contributed by atoms with Gasteiger partial charge in [-0.25, -0.2) is 9.78 Å². The number of carbonyl (C=O) groups is 2. The quantitative estimate of drug-likeness (QED) is 0.496. The first kappa shape index (κ1) is 21.7. The van der Waals surface area contributed by atoms with Crippen LogP contribution in [0.1, 0.15) is 10.4 Å². The van der Waals surface area contributed by atoms with Crippen LogP contribution in [0.3, 0.4) is 0 Å². The Labute approximate surface area is 186 Å². The average molecular weight is 467 g/mol. The van der Waals surface area contributed by atoms with Crippen molar-refractivity contribution < 1.29 is 19.1 Å². The van der Waals surface area contributed by atoms with Crippen molar-refractivity contribution in [2.75, 3.05) is 12.4 Å². The Bertz CT molecular complexity index is 1070. The molecule has 10 heteroatoms. The molecule has 1 heterocycles. The maximum Gasteiger partial charge on any atom is 0.326 e. The molecule has 0 aliphatic carbocycles. The van der Waals surface area contributed by atoms with Crippen molar-refractivity contribution >= 4 is 52.4 Å². The molecule has 2 aromatic carbocycles. The molecule has 0 radical (unpaired) electrons. The summed E-state index contributed by atoms with van der Waals surface area (Å²) in [4.78, 5) is 28.4. The molecule has 3 aromatic rings. The Morgan fingerprint density at radius 3 is 2.30 bits per heavy atom. The topological polar surface area (TPSA) is 89.5 Å². The van der Waals surface area contributed by atoms with E-state index in [9.17, 15) is 9.59 Å². The van der Waals surface area contributed by atoms with Crippen molar-refractivity contribution in [3.63, 3.8) is 0 Å². The number of anilines is 1. The van der Waals surface area contributed by atoms with Gasteiger partial charge in [0.05, 0.1) is 34.6 Å². The first-order valence-corrected chi connectivity index (χ1v) is 9.54. The molecule has 0 spiro atoms. The highest BCUT2D eigenvalue weighted by molar-refractivity contribution is 6.40. The van der Waals surface area contributed by atoms with Gasteiger partial charge < -0.3 is 14.8 Å². The van der Waals surface area contributed by atoms with Gasteiger partial charge in [-0.2, -0.15) is 0 Å². The number of methoxy groups -OCH3 is 1. The highest BCUT2D eigenvalue weighted by Gasteiger charge is 2.17. The molecule has 1 aromatic heterocycles. The molecular weight excluding hydrogens is 453 g/mol. The molecule has 7 nitrogen and oxygen atoms in total. The lowest BCUT2D eigenvalue weighted by atomic mass is 10.2. The molecule has 0 atom stereocenters. The van der Waals surface area contributed by atoms with Crippen molar-refractivity contribution in [2.24, 2.45) is 0 Å². The van der Waals surface area contributed by atoms with Crippen LogP contribution in [0.5, 0.6) is 17.4 Å². The van der Waals surface area contributed by atoms with E-state index in [-0.39, 0.29) is 21.5 Å². The first-order chi connectivity index (χ1) is 14.4. The van der Waals surface area contributed by atoms with Crippen LogP contribution in [-0.2, 0) is 0 Å². The number of halogens is 3. The zero-order chi connectivity index (χ0) is 21.7. The van der Waals surface area contributed by atoms with Crippen molar-refractivity contribution in [1.29, 1.82) is 0 Å². The monoisotopic (exact) mass is 465 g/mol. The van der Waals surface area contributed by atoms with Crippen LogP contribution in [0.25, 0.3) is 0 Å². The third kappa shape index (κ3) is 5.54. The van der Waals surface area contributed by atoms with Gasteiger partial charge in [0.15, 0.2) is 0 Å². The third-order valence-corrected chi connectivity index (χ3v) is 4.56. The molecule has 3 amide bonds. The molecule has 0 fully saturated rings. The molecule has 0 bridgehead atoms. The SMILES string of the molecule is COc1cc(Cl)cc(Oc2ccc(NC(=O)NC(=O)c3c(Cl)cccc3Cl)cn2)c1. The molecule has 2 N–H and O–H groups in total. The number of aromatic nitrogens is 1. The van der Waals surface area contributed by atoms with Crippen LogP contribution in [0.2, 0.25) is 15.1 Å². The Morgan fingerprint density at radius 2 is 1.67 bits per heavy atom. The molecule has 0 aliphatic heterocycles. The van der Waals surface area contributed by atoms with Gasteiger partial charge in [0.25, 0.3) is 5.91 Å². The Morgan fingerprint density at radius 1 is 0.967 bits per heavy atom. The maximum atomic E-state index is 12.2. The second-order valence-corrected chi connectivity index (χ2v) is 7.07. The lowest BCUT2D eigenvalue weighted by Crippen LogP contribution is -2.34. The molecule has 30 heavy (non-hydrogen) atoms. The Kier molecular flexibility index (Phi) is 6.99. The highest BCUT2D eigenvalue weighted by Crippen LogP contribution is 2.29. The first-order valence-electron chi connectivity index (χ1n) is 8.40. The van der Waals surface area contributed by atoms with Crippen molar-refractivity contribution in [2.45, 2.75) is 0 Å². The third-order valence-electron chi connectivity index (χ3n) is 3.71. The summed E-state index contributed by atoms with van der Waals surface area (Å²) in [6.45, 7) is 0. The minimum absolute atomic E-state index is 0.00908. The van der Waals surface area contributed by atoms with Crippen molar-refractivity contribution in [3.8, 4) is 17.4 Å². The summed E-state index contributed by atoms with van der Waals surface area (Å²) in [5, 5.41) is 5.35. The standard InChI is InChI=1S/C20H14Cl3N3O4/c1-29-13-7-11(21)8-14(9-13)30-17-6-5-12(10-24-17)25-20(28)26-19(27)18-15(22)3-2-4-16(18)23/h2-10H,1H3,(H2,25,26,27,28). The molecule has 0 saturated carbocycles. The van der Waals surface area contributed by atoms with Gasteiger partial charge in [-0.05, 0) is 30.3 Å². The number of imide groups is 1. The smallest absolute Gasteiger partial charge is 0.326 e. The number of hydrogen-bond acceptors (Lipinski definition) is 5. The van der Waals surface area contributed by atoms with Crippen LogP contribution >= 0.6 is 34.8 Å². The summed E-state index contributed by atoms with van der Waals surface area (Å²) in [6, 6.07) is 11.8. The number of nitrogens with one attached hydrogen (secondary N) is 2. The fourth-order valence-electron chi connectivity index (χ4n) is 2.39. The van der Waals surface area contributed by atoms with E-state index in [1.807, 2.05) is 0 Å². The summed E-state index contributed by atoms with van der Waals surface area (Å²) in [5.41, 5.74) is 0.344. The molecule has 0 unspecified atom stereocenters. The Hall–Kier alpha value is -3.00. The predicted octanol–water partition coefficient (Wildman–Crippen LogP) is 5.80. The van der Waals surface area contributed by atoms with E-state index in [2.05, 4.69) is 15.6 Å². The predicted molar refractivity (Wildman–Crippen MR) is 115 cm³/mol. The van der Waals surface area contributed by atoms with E-state index in [4.69, 9.17) is 44.3 Å². The van der Waals surface area contributed by atoms with Crippen LogP contribution in [-0.4, -0.2) is 24.0 Å². The van der Waals surface area contributed by atoms with E-state index in [1.165, 1.54) is 31.5 Å². The minimum Gasteiger partial charge on any atom is -0.497 e. The molecule has 3 rings (SSSR count). The Balaban J connectivity index is 1.62. The molecule has 154 valence electrons. The normalized spacial score (nSPS) is 10.3. The van der Waals surface area contributed by atoms with Crippen molar-refractivity contribution in [1.82, 2.24) is 10.3 Å². The van der Waals surface area contributed by atoms with Crippen LogP contribution in [0, 0.1) is 0 Å². The zero-order valence-electron chi connectivity index (χ0n) is 15.4. The number of carbonyl (C=O) groups excluding carboxylic acids is 2. The van der Waals surface area contributed by atoms with Crippen LogP contribution in [0.4, 0.5) is 10.5 Å². The van der Waals surface area contributed by atoms with Gasteiger partial charge in [0.2, 0.25) is 5.88 Å². The summed E-state index contributed by atoms with van der Waals surface area (Å²) in [5.74, 6) is 0.512. The van der Waals surface area contributed by atoms with Gasteiger partial charge in [0.1, 0.15) is 11.5 Å². The minimum atomic E-state index is -0.772. The van der Waals surface area contributed by atoms with Crippen LogP contribution < -0.4 is 20.1 Å². The van der Waals surface area contributed by atoms with Gasteiger partial charge in [-0.3, -0.25) is 10.1 Å². The number of amides is 3. The van der Waals surface area contributed by atoms with Gasteiger partial charge in [0, 0.05) is 17.2 Å². The van der Waals surface area contributed by atoms with E-state index in [0.717, 1.165) is 0 Å². The second kappa shape index (κ2) is 9.67. The number of nitrogens with zero attached hydrogens (tertiary/aromatic N) is 1. The van der Waals surface area contributed by atoms with Gasteiger partial charge in [-0.15, -0.1) is 0 Å². The number of benzene rings is 2. The lowest BCUT2D eigenvalue weighted by Gasteiger charge is -2.10. The van der Waals surface area contributed by atoms with E-state index >= 15 is 0 Å². The summed E-state index contributed by atoms with van der Waals surface area (Å²) in [6.07, 6.45) is 1.36. The molecular formula is C20H14Cl3N3O4.